The number of fused-ring (bicyclic) bond motifs is 3. The van der Waals surface area contributed by atoms with Gasteiger partial charge in [0.1, 0.15) is 11.5 Å². The fraction of sp³-hybridized carbons (Fsp3) is 0.0333. The van der Waals surface area contributed by atoms with Gasteiger partial charge in [-0.05, 0) is 61.0 Å². The van der Waals surface area contributed by atoms with Crippen LogP contribution in [0.2, 0.25) is 0 Å². The molecule has 6 rings (SSSR count). The van der Waals surface area contributed by atoms with Crippen LogP contribution in [0, 0.1) is 6.92 Å². The largest absolute Gasteiger partial charge is 0.457 e. The van der Waals surface area contributed by atoms with Crippen molar-refractivity contribution < 1.29 is 4.74 Å². The number of rotatable bonds is 4. The van der Waals surface area contributed by atoms with Gasteiger partial charge in [0.2, 0.25) is 0 Å². The fourth-order valence-electron chi connectivity index (χ4n) is 4.45. The molecule has 0 aliphatic heterocycles. The molecule has 0 saturated heterocycles. The first-order valence-corrected chi connectivity index (χ1v) is 11.1. The van der Waals surface area contributed by atoms with E-state index in [1.807, 2.05) is 42.6 Å². The Bertz CT molecular complexity index is 1560. The zero-order valence-corrected chi connectivity index (χ0v) is 18.3. The molecule has 0 radical (unpaired) electrons. The summed E-state index contributed by atoms with van der Waals surface area (Å²) in [5, 5.41) is 2.50. The molecule has 3 heteroatoms. The minimum absolute atomic E-state index is 0.794. The van der Waals surface area contributed by atoms with E-state index in [1.165, 1.54) is 27.4 Å². The minimum atomic E-state index is 0.794. The molecule has 0 aliphatic carbocycles. The summed E-state index contributed by atoms with van der Waals surface area (Å²) in [6.07, 6.45) is 1.88. The Kier molecular flexibility index (Phi) is 4.66. The van der Waals surface area contributed by atoms with E-state index in [1.54, 1.807) is 0 Å². The van der Waals surface area contributed by atoms with E-state index in [9.17, 15) is 0 Å². The van der Waals surface area contributed by atoms with Crippen LogP contribution >= 0.6 is 0 Å². The zero-order chi connectivity index (χ0) is 22.2. The third-order valence-electron chi connectivity index (χ3n) is 5.94. The molecule has 0 fully saturated rings. The van der Waals surface area contributed by atoms with Crippen molar-refractivity contribution in [3.63, 3.8) is 0 Å². The van der Waals surface area contributed by atoms with Gasteiger partial charge in [0, 0.05) is 28.2 Å². The summed E-state index contributed by atoms with van der Waals surface area (Å²) in [6, 6.07) is 37.5. The smallest absolute Gasteiger partial charge is 0.128 e. The molecular formula is C30H22N2O. The maximum atomic E-state index is 6.11. The highest BCUT2D eigenvalue weighted by Gasteiger charge is 2.12. The quantitative estimate of drug-likeness (QED) is 0.286. The van der Waals surface area contributed by atoms with Gasteiger partial charge in [-0.1, -0.05) is 60.7 Å². The normalized spacial score (nSPS) is 11.2. The molecule has 0 bridgehead atoms. The number of aromatic nitrogens is 2. The Balaban J connectivity index is 1.44. The van der Waals surface area contributed by atoms with E-state index in [0.717, 1.165) is 28.4 Å². The predicted molar refractivity (Wildman–Crippen MR) is 135 cm³/mol. The third kappa shape index (κ3) is 3.54. The van der Waals surface area contributed by atoms with Gasteiger partial charge in [-0.3, -0.25) is 4.98 Å². The Morgan fingerprint density at radius 2 is 1.30 bits per heavy atom. The number of hydrogen-bond donors (Lipinski definition) is 0. The van der Waals surface area contributed by atoms with Gasteiger partial charge in [-0.25, -0.2) is 0 Å². The van der Waals surface area contributed by atoms with Crippen molar-refractivity contribution >= 4 is 21.8 Å². The first kappa shape index (κ1) is 19.3. The molecule has 2 aromatic heterocycles. The molecule has 4 aromatic carbocycles. The van der Waals surface area contributed by atoms with Gasteiger partial charge < -0.3 is 9.30 Å². The Morgan fingerprint density at radius 1 is 0.636 bits per heavy atom. The second-order valence-corrected chi connectivity index (χ2v) is 8.22. The van der Waals surface area contributed by atoms with Gasteiger partial charge in [0.25, 0.3) is 0 Å². The van der Waals surface area contributed by atoms with Crippen molar-refractivity contribution in [1.29, 1.82) is 0 Å². The monoisotopic (exact) mass is 426 g/mol. The van der Waals surface area contributed by atoms with Crippen molar-refractivity contribution in [2.75, 3.05) is 0 Å². The summed E-state index contributed by atoms with van der Waals surface area (Å²) in [6.45, 7) is 2.06. The number of aryl methyl sites for hydroxylation is 1. The summed E-state index contributed by atoms with van der Waals surface area (Å²) >= 11 is 0. The molecule has 158 valence electrons. The van der Waals surface area contributed by atoms with Crippen LogP contribution in [0.25, 0.3) is 38.8 Å². The maximum absolute atomic E-state index is 6.11. The molecule has 0 atom stereocenters. The molecule has 0 aliphatic rings. The van der Waals surface area contributed by atoms with Gasteiger partial charge in [-0.2, -0.15) is 0 Å². The molecule has 0 spiro atoms. The van der Waals surface area contributed by atoms with Crippen LogP contribution < -0.4 is 4.74 Å². The standard InChI is InChI=1S/C30H22N2O/c1-21-8-6-10-24(18-21)33-25-11-7-9-22(19-25)28-20-23(16-17-31-28)32-29-14-4-2-12-26(29)27-13-3-5-15-30(27)32/h2-20H,1H3. The molecular weight excluding hydrogens is 404 g/mol. The highest BCUT2D eigenvalue weighted by Crippen LogP contribution is 2.33. The Labute approximate surface area is 192 Å². The summed E-state index contributed by atoms with van der Waals surface area (Å²) in [4.78, 5) is 4.67. The average molecular weight is 427 g/mol. The first-order valence-electron chi connectivity index (χ1n) is 11.1. The van der Waals surface area contributed by atoms with Crippen LogP contribution in [0.1, 0.15) is 5.56 Å². The van der Waals surface area contributed by atoms with Gasteiger partial charge >= 0.3 is 0 Å². The van der Waals surface area contributed by atoms with Crippen LogP contribution in [0.4, 0.5) is 0 Å². The van der Waals surface area contributed by atoms with Crippen molar-refractivity contribution in [2.24, 2.45) is 0 Å². The first-order chi connectivity index (χ1) is 16.3. The fourth-order valence-corrected chi connectivity index (χ4v) is 4.45. The summed E-state index contributed by atoms with van der Waals surface area (Å²) in [5.74, 6) is 1.63. The molecule has 6 aromatic rings. The third-order valence-corrected chi connectivity index (χ3v) is 5.94. The van der Waals surface area contributed by atoms with E-state index < -0.39 is 0 Å². The Morgan fingerprint density at radius 3 is 2.03 bits per heavy atom. The lowest BCUT2D eigenvalue weighted by molar-refractivity contribution is 0.482. The van der Waals surface area contributed by atoms with Crippen molar-refractivity contribution in [1.82, 2.24) is 9.55 Å². The molecule has 33 heavy (non-hydrogen) atoms. The SMILES string of the molecule is Cc1cccc(Oc2cccc(-c3cc(-n4c5ccccc5c5ccccc54)ccn3)c2)c1. The summed E-state index contributed by atoms with van der Waals surface area (Å²) in [7, 11) is 0. The van der Waals surface area contributed by atoms with Crippen LogP contribution in [0.5, 0.6) is 11.5 Å². The van der Waals surface area contributed by atoms with Crippen molar-refractivity contribution in [3.05, 3.63) is 121 Å². The lowest BCUT2D eigenvalue weighted by Crippen LogP contribution is -1.95. The lowest BCUT2D eigenvalue weighted by Gasteiger charge is -2.11. The molecule has 0 N–H and O–H groups in total. The number of nitrogens with zero attached hydrogens (tertiary/aromatic N) is 2. The molecule has 3 nitrogen and oxygen atoms in total. The highest BCUT2D eigenvalue weighted by atomic mass is 16.5. The minimum Gasteiger partial charge on any atom is -0.457 e. The second kappa shape index (κ2) is 7.95. The number of para-hydroxylation sites is 2. The number of ether oxygens (including phenoxy) is 1. The van der Waals surface area contributed by atoms with Crippen LogP contribution in [-0.4, -0.2) is 9.55 Å². The molecule has 2 heterocycles. The predicted octanol–water partition coefficient (Wildman–Crippen LogP) is 7.95. The van der Waals surface area contributed by atoms with Crippen molar-refractivity contribution in [2.45, 2.75) is 6.92 Å². The number of pyridine rings is 1. The van der Waals surface area contributed by atoms with Gasteiger partial charge in [0.15, 0.2) is 0 Å². The zero-order valence-electron chi connectivity index (χ0n) is 18.3. The van der Waals surface area contributed by atoms with Crippen LogP contribution in [-0.2, 0) is 0 Å². The summed E-state index contributed by atoms with van der Waals surface area (Å²) < 4.78 is 8.41. The molecule has 0 amide bonds. The lowest BCUT2D eigenvalue weighted by atomic mass is 10.1. The van der Waals surface area contributed by atoms with E-state index in [0.29, 0.717) is 0 Å². The number of hydrogen-bond acceptors (Lipinski definition) is 2. The Hall–Kier alpha value is -4.37. The number of benzene rings is 4. The van der Waals surface area contributed by atoms with E-state index >= 15 is 0 Å². The maximum Gasteiger partial charge on any atom is 0.128 e. The molecule has 0 unspecified atom stereocenters. The van der Waals surface area contributed by atoms with E-state index in [-0.39, 0.29) is 0 Å². The molecule has 0 saturated carbocycles. The second-order valence-electron chi connectivity index (χ2n) is 8.22. The van der Waals surface area contributed by atoms with Gasteiger partial charge in [-0.15, -0.1) is 0 Å². The summed E-state index contributed by atoms with van der Waals surface area (Å²) in [5.41, 5.74) is 6.55. The van der Waals surface area contributed by atoms with Gasteiger partial charge in [0.05, 0.1) is 16.7 Å². The van der Waals surface area contributed by atoms with Crippen molar-refractivity contribution in [3.8, 4) is 28.4 Å². The highest BCUT2D eigenvalue weighted by molar-refractivity contribution is 6.09. The van der Waals surface area contributed by atoms with E-state index in [2.05, 4.69) is 89.3 Å². The topological polar surface area (TPSA) is 27.1 Å². The van der Waals surface area contributed by atoms with Crippen LogP contribution in [0.3, 0.4) is 0 Å². The average Bonchev–Trinajstić information content (AvgIpc) is 3.19. The van der Waals surface area contributed by atoms with Crippen LogP contribution in [0.15, 0.2) is 115 Å². The van der Waals surface area contributed by atoms with E-state index in [4.69, 9.17) is 4.74 Å².